The Balaban J connectivity index is 1.59. The van der Waals surface area contributed by atoms with Crippen LogP contribution in [0.15, 0.2) is 71.8 Å². The van der Waals surface area contributed by atoms with E-state index in [9.17, 15) is 17.6 Å². The number of aromatic nitrogens is 1. The smallest absolute Gasteiger partial charge is 0.243 e. The summed E-state index contributed by atoms with van der Waals surface area (Å²) < 4.78 is 43.6. The van der Waals surface area contributed by atoms with Crippen LogP contribution in [0.25, 0.3) is 0 Å². The van der Waals surface area contributed by atoms with Crippen molar-refractivity contribution in [3.63, 3.8) is 0 Å². The standard InChI is InChI=1S/C29H35ClFN3O3S/c1-22(2)34(38(36,37)27-16-14-24(31)15-17-27)21-29(35)33(25-10-4-3-5-11-25)20-26-12-8-18-32(26)19-23-9-6-7-13-28(23)30/h6-9,12-18,22,25H,3-5,10-11,19-21H2,1-2H3. The van der Waals surface area contributed by atoms with Crippen molar-refractivity contribution in [2.45, 2.75) is 76.0 Å². The highest BCUT2D eigenvalue weighted by Gasteiger charge is 2.33. The van der Waals surface area contributed by atoms with Gasteiger partial charge in [0.05, 0.1) is 18.0 Å². The second-order valence-electron chi connectivity index (χ2n) is 10.1. The van der Waals surface area contributed by atoms with Crippen molar-refractivity contribution < 1.29 is 17.6 Å². The van der Waals surface area contributed by atoms with Crippen LogP contribution in [0.2, 0.25) is 5.02 Å². The zero-order chi connectivity index (χ0) is 27.3. The van der Waals surface area contributed by atoms with E-state index in [1.165, 1.54) is 16.4 Å². The summed E-state index contributed by atoms with van der Waals surface area (Å²) in [6.45, 7) is 4.16. The number of nitrogens with zero attached hydrogens (tertiary/aromatic N) is 3. The van der Waals surface area contributed by atoms with E-state index in [0.29, 0.717) is 18.1 Å². The highest BCUT2D eigenvalue weighted by molar-refractivity contribution is 7.89. The summed E-state index contributed by atoms with van der Waals surface area (Å²) in [4.78, 5) is 15.7. The van der Waals surface area contributed by atoms with E-state index in [0.717, 1.165) is 55.5 Å². The second-order valence-corrected chi connectivity index (χ2v) is 12.4. The largest absolute Gasteiger partial charge is 0.345 e. The molecule has 0 N–H and O–H groups in total. The maximum Gasteiger partial charge on any atom is 0.243 e. The molecule has 38 heavy (non-hydrogen) atoms. The van der Waals surface area contributed by atoms with Crippen LogP contribution in [0.1, 0.15) is 57.2 Å². The molecule has 0 radical (unpaired) electrons. The maximum atomic E-state index is 13.9. The minimum absolute atomic E-state index is 0.0294. The maximum absolute atomic E-state index is 13.9. The number of benzene rings is 2. The van der Waals surface area contributed by atoms with E-state index in [-0.39, 0.29) is 23.4 Å². The quantitative estimate of drug-likeness (QED) is 0.302. The van der Waals surface area contributed by atoms with Crippen molar-refractivity contribution in [3.05, 3.63) is 89.0 Å². The average molecular weight is 560 g/mol. The predicted molar refractivity (Wildman–Crippen MR) is 148 cm³/mol. The highest BCUT2D eigenvalue weighted by atomic mass is 35.5. The van der Waals surface area contributed by atoms with Gasteiger partial charge in [-0.1, -0.05) is 49.1 Å². The third-order valence-electron chi connectivity index (χ3n) is 7.18. The Kier molecular flexibility index (Phi) is 9.28. The molecular formula is C29H35ClFN3O3S. The molecule has 0 saturated heterocycles. The molecule has 9 heteroatoms. The Hall–Kier alpha value is -2.68. The lowest BCUT2D eigenvalue weighted by molar-refractivity contribution is -0.135. The lowest BCUT2D eigenvalue weighted by Crippen LogP contribution is -2.49. The van der Waals surface area contributed by atoms with E-state index in [4.69, 9.17) is 11.6 Å². The Labute approximate surface area is 230 Å². The van der Waals surface area contributed by atoms with Crippen LogP contribution in [0, 0.1) is 5.82 Å². The normalized spacial score (nSPS) is 14.8. The third kappa shape index (κ3) is 6.65. The summed E-state index contributed by atoms with van der Waals surface area (Å²) >= 11 is 6.40. The summed E-state index contributed by atoms with van der Waals surface area (Å²) in [6, 6.07) is 16.0. The van der Waals surface area contributed by atoms with Crippen molar-refractivity contribution in [2.24, 2.45) is 0 Å². The molecule has 1 amide bonds. The molecule has 0 unspecified atom stereocenters. The molecule has 4 rings (SSSR count). The van der Waals surface area contributed by atoms with Crippen LogP contribution in [0.3, 0.4) is 0 Å². The molecule has 204 valence electrons. The third-order valence-corrected chi connectivity index (χ3v) is 9.58. The van der Waals surface area contributed by atoms with Crippen LogP contribution in [-0.4, -0.2) is 46.7 Å². The first-order chi connectivity index (χ1) is 18.2. The first-order valence-electron chi connectivity index (χ1n) is 13.1. The number of carbonyl (C=O) groups excluding carboxylic acids is 1. The summed E-state index contributed by atoms with van der Waals surface area (Å²) in [5.74, 6) is -0.749. The van der Waals surface area contributed by atoms with Gasteiger partial charge in [0.25, 0.3) is 0 Å². The Bertz CT molecular complexity index is 1340. The van der Waals surface area contributed by atoms with E-state index < -0.39 is 21.9 Å². The number of rotatable bonds is 10. The number of sulfonamides is 1. The Morgan fingerprint density at radius 3 is 2.37 bits per heavy atom. The molecule has 1 aliphatic rings. The number of halogens is 2. The average Bonchev–Trinajstić information content (AvgIpc) is 3.34. The zero-order valence-electron chi connectivity index (χ0n) is 21.9. The van der Waals surface area contributed by atoms with Gasteiger partial charge in [0, 0.05) is 35.5 Å². The Morgan fingerprint density at radius 1 is 1.03 bits per heavy atom. The summed E-state index contributed by atoms with van der Waals surface area (Å²) in [6.07, 6.45) is 6.97. The molecule has 0 aliphatic heterocycles. The monoisotopic (exact) mass is 559 g/mol. The topological polar surface area (TPSA) is 62.6 Å². The lowest BCUT2D eigenvalue weighted by Gasteiger charge is -2.36. The van der Waals surface area contributed by atoms with Gasteiger partial charge in [-0.2, -0.15) is 4.31 Å². The summed E-state index contributed by atoms with van der Waals surface area (Å²) in [5, 5.41) is 0.686. The van der Waals surface area contributed by atoms with Crippen molar-refractivity contribution in [2.75, 3.05) is 6.54 Å². The SMILES string of the molecule is CC(C)N(CC(=O)N(Cc1cccn1Cc1ccccc1Cl)C1CCCCC1)S(=O)(=O)c1ccc(F)cc1. The van der Waals surface area contributed by atoms with Crippen molar-refractivity contribution >= 4 is 27.5 Å². The van der Waals surface area contributed by atoms with Gasteiger partial charge in [-0.25, -0.2) is 12.8 Å². The molecule has 1 heterocycles. The van der Waals surface area contributed by atoms with Crippen molar-refractivity contribution in [1.29, 1.82) is 0 Å². The number of carbonyl (C=O) groups is 1. The fraction of sp³-hybridized carbons (Fsp3) is 0.414. The number of hydrogen-bond acceptors (Lipinski definition) is 3. The molecule has 0 spiro atoms. The molecule has 3 aromatic rings. The van der Waals surface area contributed by atoms with Gasteiger partial charge in [-0.3, -0.25) is 4.79 Å². The van der Waals surface area contributed by atoms with Gasteiger partial charge in [0.2, 0.25) is 15.9 Å². The van der Waals surface area contributed by atoms with E-state index in [1.807, 2.05) is 47.5 Å². The molecule has 1 saturated carbocycles. The molecule has 6 nitrogen and oxygen atoms in total. The van der Waals surface area contributed by atoms with Crippen molar-refractivity contribution in [3.8, 4) is 0 Å². The van der Waals surface area contributed by atoms with E-state index in [2.05, 4.69) is 4.57 Å². The van der Waals surface area contributed by atoms with Gasteiger partial charge in [0.1, 0.15) is 5.82 Å². The minimum atomic E-state index is -3.99. The highest BCUT2D eigenvalue weighted by Crippen LogP contribution is 2.27. The van der Waals surface area contributed by atoms with Crippen LogP contribution < -0.4 is 0 Å². The number of hydrogen-bond donors (Lipinski definition) is 0. The van der Waals surface area contributed by atoms with Gasteiger partial charge < -0.3 is 9.47 Å². The lowest BCUT2D eigenvalue weighted by atomic mass is 9.94. The molecule has 0 bridgehead atoms. The van der Waals surface area contributed by atoms with Crippen LogP contribution in [-0.2, 0) is 27.9 Å². The fourth-order valence-corrected chi connectivity index (χ4v) is 6.84. The Morgan fingerprint density at radius 2 is 1.71 bits per heavy atom. The first-order valence-corrected chi connectivity index (χ1v) is 14.9. The number of amides is 1. The van der Waals surface area contributed by atoms with E-state index in [1.54, 1.807) is 13.8 Å². The van der Waals surface area contributed by atoms with Crippen LogP contribution in [0.4, 0.5) is 4.39 Å². The fourth-order valence-electron chi connectivity index (χ4n) is 5.06. The van der Waals surface area contributed by atoms with Crippen molar-refractivity contribution in [1.82, 2.24) is 13.8 Å². The molecule has 1 fully saturated rings. The predicted octanol–water partition coefficient (Wildman–Crippen LogP) is 6.09. The molecule has 0 atom stereocenters. The van der Waals surface area contributed by atoms with Gasteiger partial charge >= 0.3 is 0 Å². The summed E-state index contributed by atoms with van der Waals surface area (Å²) in [7, 11) is -3.99. The molecule has 1 aliphatic carbocycles. The van der Waals surface area contributed by atoms with Crippen LogP contribution >= 0.6 is 11.6 Å². The van der Waals surface area contributed by atoms with Gasteiger partial charge in [-0.05, 0) is 74.7 Å². The second kappa shape index (κ2) is 12.5. The first kappa shape index (κ1) is 28.3. The zero-order valence-corrected chi connectivity index (χ0v) is 23.5. The minimum Gasteiger partial charge on any atom is -0.345 e. The molecular weight excluding hydrogens is 525 g/mol. The van der Waals surface area contributed by atoms with E-state index >= 15 is 0 Å². The van der Waals surface area contributed by atoms with Gasteiger partial charge in [0.15, 0.2) is 0 Å². The van der Waals surface area contributed by atoms with Gasteiger partial charge in [-0.15, -0.1) is 0 Å². The summed E-state index contributed by atoms with van der Waals surface area (Å²) in [5.41, 5.74) is 1.94. The van der Waals surface area contributed by atoms with Crippen LogP contribution in [0.5, 0.6) is 0 Å². The molecule has 1 aromatic heterocycles. The molecule has 2 aromatic carbocycles.